The number of benzene rings is 2. The van der Waals surface area contributed by atoms with Crippen molar-refractivity contribution >= 4 is 33.2 Å². The molecule has 5 nitrogen and oxygen atoms in total. The predicted molar refractivity (Wildman–Crippen MR) is 115 cm³/mol. The zero-order chi connectivity index (χ0) is 20.7. The summed E-state index contributed by atoms with van der Waals surface area (Å²) >= 11 is 6.19. The van der Waals surface area contributed by atoms with E-state index in [1.807, 2.05) is 30.3 Å². The molecule has 28 heavy (non-hydrogen) atoms. The highest BCUT2D eigenvalue weighted by atomic mass is 35.5. The molecule has 0 aromatic heterocycles. The Bertz CT molecular complexity index is 897. The zero-order valence-electron chi connectivity index (χ0n) is 16.6. The summed E-state index contributed by atoms with van der Waals surface area (Å²) in [5.41, 5.74) is 1.08. The van der Waals surface area contributed by atoms with Gasteiger partial charge in [-0.15, -0.1) is 0 Å². The van der Waals surface area contributed by atoms with Gasteiger partial charge in [0.1, 0.15) is 4.90 Å². The Labute approximate surface area is 173 Å². The SMILES string of the molecule is CCCCN(C(=O)c1ccc(Cl)c(S(=O)(=O)N(CC)CC)c1)c1ccccc1. The molecule has 0 radical (unpaired) electrons. The standard InChI is InChI=1S/C21H27ClN2O3S/c1-4-7-15-24(18-11-9-8-10-12-18)21(25)17-13-14-19(22)20(16-17)28(26,27)23(5-2)6-3/h8-14,16H,4-7,15H2,1-3H3. The first kappa shape index (κ1) is 22.4. The maximum atomic E-state index is 13.2. The fraction of sp³-hybridized carbons (Fsp3) is 0.381. The van der Waals surface area contributed by atoms with Gasteiger partial charge >= 0.3 is 0 Å². The molecule has 0 bridgehead atoms. The lowest BCUT2D eigenvalue weighted by atomic mass is 10.1. The predicted octanol–water partition coefficient (Wildman–Crippen LogP) is 4.82. The Balaban J connectivity index is 2.47. The van der Waals surface area contributed by atoms with Gasteiger partial charge < -0.3 is 4.90 Å². The van der Waals surface area contributed by atoms with E-state index in [0.29, 0.717) is 25.2 Å². The molecule has 0 unspecified atom stereocenters. The third kappa shape index (κ3) is 4.93. The van der Waals surface area contributed by atoms with Crippen LogP contribution in [-0.4, -0.2) is 38.3 Å². The van der Waals surface area contributed by atoms with Gasteiger partial charge in [0.25, 0.3) is 5.91 Å². The number of hydrogen-bond donors (Lipinski definition) is 0. The van der Waals surface area contributed by atoms with E-state index in [1.54, 1.807) is 24.8 Å². The Morgan fingerprint density at radius 1 is 1.00 bits per heavy atom. The summed E-state index contributed by atoms with van der Waals surface area (Å²) in [5, 5.41) is 0.114. The molecule has 0 N–H and O–H groups in total. The molecule has 0 fully saturated rings. The van der Waals surface area contributed by atoms with Crippen LogP contribution >= 0.6 is 11.6 Å². The number of anilines is 1. The van der Waals surface area contributed by atoms with Crippen molar-refractivity contribution in [2.24, 2.45) is 0 Å². The van der Waals surface area contributed by atoms with Crippen LogP contribution in [0.5, 0.6) is 0 Å². The van der Waals surface area contributed by atoms with E-state index in [4.69, 9.17) is 11.6 Å². The van der Waals surface area contributed by atoms with Crippen molar-refractivity contribution < 1.29 is 13.2 Å². The summed E-state index contributed by atoms with van der Waals surface area (Å²) in [4.78, 5) is 14.9. The second-order valence-corrected chi connectivity index (χ2v) is 8.69. The van der Waals surface area contributed by atoms with Crippen LogP contribution < -0.4 is 4.90 Å². The second-order valence-electron chi connectivity index (χ2n) is 6.38. The molecule has 0 heterocycles. The van der Waals surface area contributed by atoms with Crippen LogP contribution in [0.4, 0.5) is 5.69 Å². The molecule has 0 aliphatic carbocycles. The maximum Gasteiger partial charge on any atom is 0.258 e. The van der Waals surface area contributed by atoms with Gasteiger partial charge in [0, 0.05) is 30.9 Å². The van der Waals surface area contributed by atoms with Gasteiger partial charge in [-0.2, -0.15) is 4.31 Å². The molecule has 0 saturated carbocycles. The topological polar surface area (TPSA) is 57.7 Å². The minimum Gasteiger partial charge on any atom is -0.308 e. The van der Waals surface area contributed by atoms with Crippen molar-refractivity contribution in [1.82, 2.24) is 4.31 Å². The average Bonchev–Trinajstić information content (AvgIpc) is 2.70. The smallest absolute Gasteiger partial charge is 0.258 e. The second kappa shape index (κ2) is 10.0. The first-order valence-electron chi connectivity index (χ1n) is 9.53. The first-order chi connectivity index (χ1) is 13.4. The van der Waals surface area contributed by atoms with Gasteiger partial charge in [0.2, 0.25) is 10.0 Å². The lowest BCUT2D eigenvalue weighted by molar-refractivity contribution is 0.0986. The molecule has 0 atom stereocenters. The molecular weight excluding hydrogens is 396 g/mol. The number of carbonyl (C=O) groups excluding carboxylic acids is 1. The molecule has 2 aromatic rings. The third-order valence-corrected chi connectivity index (χ3v) is 7.08. The number of halogens is 1. The lowest BCUT2D eigenvalue weighted by Crippen LogP contribution is -2.33. The first-order valence-corrected chi connectivity index (χ1v) is 11.3. The number of para-hydroxylation sites is 1. The van der Waals surface area contributed by atoms with E-state index in [-0.39, 0.29) is 15.8 Å². The normalized spacial score (nSPS) is 11.6. The maximum absolute atomic E-state index is 13.2. The quantitative estimate of drug-likeness (QED) is 0.582. The monoisotopic (exact) mass is 422 g/mol. The van der Waals surface area contributed by atoms with Crippen LogP contribution in [0.25, 0.3) is 0 Å². The van der Waals surface area contributed by atoms with Gasteiger partial charge in [-0.05, 0) is 36.8 Å². The van der Waals surface area contributed by atoms with Gasteiger partial charge in [0.05, 0.1) is 5.02 Å². The van der Waals surface area contributed by atoms with Gasteiger partial charge in [-0.1, -0.05) is 57.0 Å². The number of hydrogen-bond acceptors (Lipinski definition) is 3. The van der Waals surface area contributed by atoms with Crippen molar-refractivity contribution in [2.45, 2.75) is 38.5 Å². The van der Waals surface area contributed by atoms with Crippen LogP contribution in [0.15, 0.2) is 53.4 Å². The summed E-state index contributed by atoms with van der Waals surface area (Å²) in [6.45, 7) is 6.82. The summed E-state index contributed by atoms with van der Waals surface area (Å²) in [7, 11) is -3.76. The summed E-state index contributed by atoms with van der Waals surface area (Å²) < 4.78 is 27.2. The van der Waals surface area contributed by atoms with Crippen LogP contribution in [0.3, 0.4) is 0 Å². The molecule has 7 heteroatoms. The van der Waals surface area contributed by atoms with E-state index in [2.05, 4.69) is 6.92 Å². The molecular formula is C21H27ClN2O3S. The Kier molecular flexibility index (Phi) is 8.04. The van der Waals surface area contributed by atoms with E-state index in [0.717, 1.165) is 18.5 Å². The van der Waals surface area contributed by atoms with Crippen LogP contribution in [-0.2, 0) is 10.0 Å². The molecule has 2 aromatic carbocycles. The lowest BCUT2D eigenvalue weighted by Gasteiger charge is -2.24. The number of carbonyl (C=O) groups is 1. The summed E-state index contributed by atoms with van der Waals surface area (Å²) in [5.74, 6) is -0.243. The number of sulfonamides is 1. The molecule has 0 aliphatic rings. The van der Waals surface area contributed by atoms with E-state index < -0.39 is 10.0 Å². The Morgan fingerprint density at radius 2 is 1.64 bits per heavy atom. The molecule has 0 aliphatic heterocycles. The van der Waals surface area contributed by atoms with Crippen molar-refractivity contribution in [3.8, 4) is 0 Å². The van der Waals surface area contributed by atoms with Gasteiger partial charge in [0.15, 0.2) is 0 Å². The van der Waals surface area contributed by atoms with Crippen molar-refractivity contribution in [3.63, 3.8) is 0 Å². The highest BCUT2D eigenvalue weighted by molar-refractivity contribution is 7.89. The number of unbranched alkanes of at least 4 members (excludes halogenated alkanes) is 1. The third-order valence-electron chi connectivity index (χ3n) is 4.55. The Morgan fingerprint density at radius 3 is 2.21 bits per heavy atom. The van der Waals surface area contributed by atoms with E-state index in [9.17, 15) is 13.2 Å². The molecule has 152 valence electrons. The number of nitrogens with zero attached hydrogens (tertiary/aromatic N) is 2. The Hall–Kier alpha value is -1.89. The number of amides is 1. The minimum atomic E-state index is -3.76. The van der Waals surface area contributed by atoms with Gasteiger partial charge in [-0.3, -0.25) is 4.79 Å². The van der Waals surface area contributed by atoms with E-state index in [1.165, 1.54) is 16.4 Å². The zero-order valence-corrected chi connectivity index (χ0v) is 18.1. The highest BCUT2D eigenvalue weighted by Gasteiger charge is 2.27. The van der Waals surface area contributed by atoms with Gasteiger partial charge in [-0.25, -0.2) is 8.42 Å². The van der Waals surface area contributed by atoms with Crippen LogP contribution in [0.1, 0.15) is 44.0 Å². The van der Waals surface area contributed by atoms with Crippen molar-refractivity contribution in [1.29, 1.82) is 0 Å². The average molecular weight is 423 g/mol. The fourth-order valence-electron chi connectivity index (χ4n) is 2.96. The molecule has 2 rings (SSSR count). The van der Waals surface area contributed by atoms with E-state index >= 15 is 0 Å². The molecule has 1 amide bonds. The van der Waals surface area contributed by atoms with Crippen molar-refractivity contribution in [3.05, 3.63) is 59.1 Å². The largest absolute Gasteiger partial charge is 0.308 e. The van der Waals surface area contributed by atoms with Crippen molar-refractivity contribution in [2.75, 3.05) is 24.5 Å². The van der Waals surface area contributed by atoms with Crippen LogP contribution in [0.2, 0.25) is 5.02 Å². The minimum absolute atomic E-state index is 0.0350. The number of rotatable bonds is 9. The summed E-state index contributed by atoms with van der Waals surface area (Å²) in [6.07, 6.45) is 1.79. The fourth-order valence-corrected chi connectivity index (χ4v) is 4.92. The molecule has 0 spiro atoms. The highest BCUT2D eigenvalue weighted by Crippen LogP contribution is 2.27. The van der Waals surface area contributed by atoms with Crippen LogP contribution in [0, 0.1) is 0 Å². The molecule has 0 saturated heterocycles. The summed E-state index contributed by atoms with van der Waals surface area (Å²) in [6, 6.07) is 13.8.